The van der Waals surface area contributed by atoms with Gasteiger partial charge in [0.25, 0.3) is 5.91 Å². The molecule has 0 bridgehead atoms. The van der Waals surface area contributed by atoms with Crippen LogP contribution in [0.4, 0.5) is 0 Å². The van der Waals surface area contributed by atoms with Gasteiger partial charge in [0, 0.05) is 18.7 Å². The first-order valence-electron chi connectivity index (χ1n) is 8.96. The lowest BCUT2D eigenvalue weighted by atomic mass is 10.1. The van der Waals surface area contributed by atoms with Crippen molar-refractivity contribution in [1.82, 2.24) is 10.4 Å². The molecule has 0 spiro atoms. The highest BCUT2D eigenvalue weighted by Gasteiger charge is 2.15. The van der Waals surface area contributed by atoms with E-state index < -0.39 is 12.0 Å². The third-order valence-corrected chi connectivity index (χ3v) is 4.08. The van der Waals surface area contributed by atoms with Crippen molar-refractivity contribution in [2.45, 2.75) is 25.9 Å². The fourth-order valence-electron chi connectivity index (χ4n) is 2.67. The highest BCUT2D eigenvalue weighted by Crippen LogP contribution is 2.08. The van der Waals surface area contributed by atoms with Gasteiger partial charge in [0.2, 0.25) is 5.91 Å². The van der Waals surface area contributed by atoms with Gasteiger partial charge in [0.15, 0.2) is 0 Å². The number of primary amides is 1. The average molecular weight is 368 g/mol. The minimum atomic E-state index is -0.674. The van der Waals surface area contributed by atoms with E-state index in [0.717, 1.165) is 5.56 Å². The third-order valence-electron chi connectivity index (χ3n) is 4.08. The summed E-state index contributed by atoms with van der Waals surface area (Å²) in [5, 5.41) is 11.9. The Labute approximate surface area is 160 Å². The van der Waals surface area contributed by atoms with E-state index in [4.69, 9.17) is 5.73 Å². The summed E-state index contributed by atoms with van der Waals surface area (Å²) in [4.78, 5) is 23.5. The number of hydrazine groups is 1. The average Bonchev–Trinajstić information content (AvgIpc) is 2.66. The highest BCUT2D eigenvalue weighted by atomic mass is 16.3. The molecule has 2 aromatic carbocycles. The molecular weight excluding hydrogens is 342 g/mol. The van der Waals surface area contributed by atoms with Crippen molar-refractivity contribution in [3.05, 3.63) is 77.7 Å². The molecule has 0 aliphatic carbocycles. The van der Waals surface area contributed by atoms with Gasteiger partial charge in [-0.25, -0.2) is 5.01 Å². The molecular formula is C21H26N3O3. The Kier molecular flexibility index (Phi) is 7.98. The Bertz CT molecular complexity index is 749. The van der Waals surface area contributed by atoms with E-state index in [1.165, 1.54) is 0 Å². The zero-order chi connectivity index (χ0) is 19.6. The lowest BCUT2D eigenvalue weighted by Gasteiger charge is -2.24. The largest absolute Gasteiger partial charge is 0.391 e. The molecule has 0 fully saturated rings. The molecule has 2 aromatic rings. The SMILES string of the molecule is CCN(CC(O)[CH]Cc1ccccc1)NC(=O)c1cccc(CC(N)=O)c1. The minimum absolute atomic E-state index is 0.0891. The molecule has 0 aliphatic rings. The molecule has 0 saturated heterocycles. The number of nitrogens with two attached hydrogens (primary N) is 1. The normalized spacial score (nSPS) is 12.0. The summed E-state index contributed by atoms with van der Waals surface area (Å²) in [5.41, 5.74) is 10.2. The molecule has 6 heteroatoms. The maximum atomic E-state index is 12.5. The lowest BCUT2D eigenvalue weighted by molar-refractivity contribution is -0.117. The zero-order valence-corrected chi connectivity index (χ0v) is 15.5. The van der Waals surface area contributed by atoms with Crippen LogP contribution in [0.3, 0.4) is 0 Å². The number of amides is 2. The van der Waals surface area contributed by atoms with Gasteiger partial charge in [-0.05, 0) is 36.1 Å². The molecule has 1 atom stereocenters. The van der Waals surface area contributed by atoms with Gasteiger partial charge in [0.05, 0.1) is 12.5 Å². The number of hydrogen-bond donors (Lipinski definition) is 3. The number of likely N-dealkylation sites (N-methyl/N-ethyl adjacent to an activating group) is 1. The molecule has 1 unspecified atom stereocenters. The number of nitrogens with one attached hydrogen (secondary N) is 1. The van der Waals surface area contributed by atoms with Crippen molar-refractivity contribution in [2.75, 3.05) is 13.1 Å². The standard InChI is InChI=1S/C21H26N3O3/c1-2-24(15-19(25)12-11-16-7-4-3-5-8-16)23-21(27)18-10-6-9-17(13-18)14-20(22)26/h3-10,12-13,19,25H,2,11,14-15H2,1H3,(H2,22,26)(H,23,27). The van der Waals surface area contributed by atoms with Crippen LogP contribution in [-0.4, -0.2) is 41.1 Å². The fourth-order valence-corrected chi connectivity index (χ4v) is 2.67. The van der Waals surface area contributed by atoms with E-state index in [1.807, 2.05) is 43.7 Å². The molecule has 0 saturated carbocycles. The van der Waals surface area contributed by atoms with E-state index in [2.05, 4.69) is 5.43 Å². The van der Waals surface area contributed by atoms with Crippen molar-refractivity contribution in [2.24, 2.45) is 5.73 Å². The van der Waals surface area contributed by atoms with Gasteiger partial charge in [-0.3, -0.25) is 15.0 Å². The van der Waals surface area contributed by atoms with Crippen LogP contribution in [0.5, 0.6) is 0 Å². The number of rotatable bonds is 10. The summed E-state index contributed by atoms with van der Waals surface area (Å²) >= 11 is 0. The molecule has 1 radical (unpaired) electrons. The van der Waals surface area contributed by atoms with Gasteiger partial charge in [-0.15, -0.1) is 0 Å². The number of carbonyl (C=O) groups excluding carboxylic acids is 2. The molecule has 2 rings (SSSR count). The summed E-state index contributed by atoms with van der Waals surface area (Å²) in [6.07, 6.45) is 1.89. The van der Waals surface area contributed by atoms with Gasteiger partial charge < -0.3 is 10.8 Å². The predicted molar refractivity (Wildman–Crippen MR) is 105 cm³/mol. The van der Waals surface area contributed by atoms with E-state index in [9.17, 15) is 14.7 Å². The molecule has 0 aromatic heterocycles. The highest BCUT2D eigenvalue weighted by molar-refractivity contribution is 5.94. The van der Waals surface area contributed by atoms with Gasteiger partial charge in [-0.2, -0.15) is 0 Å². The second-order valence-electron chi connectivity index (χ2n) is 6.32. The van der Waals surface area contributed by atoms with Crippen LogP contribution < -0.4 is 11.2 Å². The quantitative estimate of drug-likeness (QED) is 0.554. The summed E-state index contributed by atoms with van der Waals surface area (Å²) < 4.78 is 0. The van der Waals surface area contributed by atoms with Crippen LogP contribution in [0.1, 0.15) is 28.4 Å². The third kappa shape index (κ3) is 7.21. The Hall–Kier alpha value is -2.70. The van der Waals surface area contributed by atoms with Gasteiger partial charge >= 0.3 is 0 Å². The van der Waals surface area contributed by atoms with E-state index in [1.54, 1.807) is 29.3 Å². The van der Waals surface area contributed by atoms with Gasteiger partial charge in [0.1, 0.15) is 0 Å². The minimum Gasteiger partial charge on any atom is -0.391 e. The summed E-state index contributed by atoms with van der Waals surface area (Å²) in [6.45, 7) is 2.73. The number of aliphatic hydroxyl groups excluding tert-OH is 1. The molecule has 2 amide bonds. The summed E-state index contributed by atoms with van der Waals surface area (Å²) in [6, 6.07) is 16.7. The van der Waals surface area contributed by atoms with Crippen LogP contribution in [0.2, 0.25) is 0 Å². The second kappa shape index (κ2) is 10.4. The van der Waals surface area contributed by atoms with Crippen molar-refractivity contribution in [3.8, 4) is 0 Å². The van der Waals surface area contributed by atoms with Crippen molar-refractivity contribution in [1.29, 1.82) is 0 Å². The Morgan fingerprint density at radius 2 is 1.85 bits per heavy atom. The van der Waals surface area contributed by atoms with E-state index in [-0.39, 0.29) is 18.9 Å². The van der Waals surface area contributed by atoms with Crippen molar-refractivity contribution >= 4 is 11.8 Å². The molecule has 4 N–H and O–H groups in total. The summed E-state index contributed by atoms with van der Waals surface area (Å²) in [5.74, 6) is -0.738. The maximum absolute atomic E-state index is 12.5. The molecule has 27 heavy (non-hydrogen) atoms. The van der Waals surface area contributed by atoms with Crippen LogP contribution >= 0.6 is 0 Å². The number of nitrogens with zero attached hydrogens (tertiary/aromatic N) is 1. The van der Waals surface area contributed by atoms with E-state index >= 15 is 0 Å². The lowest BCUT2D eigenvalue weighted by Crippen LogP contribution is -2.46. The van der Waals surface area contributed by atoms with E-state index in [0.29, 0.717) is 24.1 Å². The molecule has 6 nitrogen and oxygen atoms in total. The second-order valence-corrected chi connectivity index (χ2v) is 6.32. The molecule has 0 aliphatic heterocycles. The fraction of sp³-hybridized carbons (Fsp3) is 0.286. The first-order chi connectivity index (χ1) is 13.0. The first-order valence-corrected chi connectivity index (χ1v) is 8.96. The Morgan fingerprint density at radius 1 is 1.15 bits per heavy atom. The maximum Gasteiger partial charge on any atom is 0.265 e. The van der Waals surface area contributed by atoms with Crippen LogP contribution in [0.25, 0.3) is 0 Å². The Morgan fingerprint density at radius 3 is 2.52 bits per heavy atom. The number of carbonyl (C=O) groups is 2. The summed E-state index contributed by atoms with van der Waals surface area (Å²) in [7, 11) is 0. The monoisotopic (exact) mass is 368 g/mol. The van der Waals surface area contributed by atoms with Crippen LogP contribution in [-0.2, 0) is 17.6 Å². The first kappa shape index (κ1) is 20.6. The van der Waals surface area contributed by atoms with Crippen molar-refractivity contribution < 1.29 is 14.7 Å². The number of hydrogen-bond acceptors (Lipinski definition) is 4. The zero-order valence-electron chi connectivity index (χ0n) is 15.5. The topological polar surface area (TPSA) is 95.7 Å². The number of benzene rings is 2. The van der Waals surface area contributed by atoms with Crippen LogP contribution in [0, 0.1) is 6.42 Å². The predicted octanol–water partition coefficient (Wildman–Crippen LogP) is 1.49. The van der Waals surface area contributed by atoms with Crippen molar-refractivity contribution in [3.63, 3.8) is 0 Å². The molecule has 0 heterocycles. The number of aliphatic hydroxyl groups is 1. The smallest absolute Gasteiger partial charge is 0.265 e. The Balaban J connectivity index is 1.87. The van der Waals surface area contributed by atoms with Gasteiger partial charge in [-0.1, -0.05) is 49.4 Å². The molecule has 143 valence electrons. The van der Waals surface area contributed by atoms with Crippen LogP contribution in [0.15, 0.2) is 54.6 Å².